The number of carbonyl (C=O) groups is 2. The average Bonchev–Trinajstić information content (AvgIpc) is 2.39. The van der Waals surface area contributed by atoms with E-state index in [1.165, 1.54) is 0 Å². The van der Waals surface area contributed by atoms with Crippen molar-refractivity contribution >= 4 is 23.2 Å². The van der Waals surface area contributed by atoms with Crippen LogP contribution in [0.2, 0.25) is 0 Å². The summed E-state index contributed by atoms with van der Waals surface area (Å²) in [4.78, 5) is 45.4. The number of hydrogen-bond donors (Lipinski definition) is 1. The van der Waals surface area contributed by atoms with Crippen LogP contribution in [0.15, 0.2) is 33.9 Å². The average molecular weight is 261 g/mol. The third-order valence-corrected chi connectivity index (χ3v) is 2.71. The third kappa shape index (κ3) is 2.17. The van der Waals surface area contributed by atoms with Gasteiger partial charge in [0, 0.05) is 0 Å². The van der Waals surface area contributed by atoms with Gasteiger partial charge in [0.05, 0.1) is 17.6 Å². The van der Waals surface area contributed by atoms with Crippen LogP contribution < -0.4 is 16.9 Å². The second-order valence-electron chi connectivity index (χ2n) is 3.93. The monoisotopic (exact) mass is 261 g/mol. The van der Waals surface area contributed by atoms with Gasteiger partial charge in [0.25, 0.3) is 0 Å². The summed E-state index contributed by atoms with van der Waals surface area (Å²) in [6.45, 7) is -0.595. The first-order valence-electron chi connectivity index (χ1n) is 5.50. The summed E-state index contributed by atoms with van der Waals surface area (Å²) in [5, 5.41) is 0. The molecule has 7 nitrogen and oxygen atoms in total. The lowest BCUT2D eigenvalue weighted by molar-refractivity contribution is -0.118. The Labute approximate surface area is 106 Å². The van der Waals surface area contributed by atoms with Crippen molar-refractivity contribution in [3.63, 3.8) is 0 Å². The molecule has 0 radical (unpaired) electrons. The molecule has 0 fully saturated rings. The second-order valence-corrected chi connectivity index (χ2v) is 3.93. The van der Waals surface area contributed by atoms with E-state index in [2.05, 4.69) is 0 Å². The number of para-hydroxylation sites is 2. The number of fused-ring (bicyclic) bond motifs is 1. The van der Waals surface area contributed by atoms with Crippen LogP contribution in [-0.2, 0) is 22.7 Å². The maximum atomic E-state index is 11.9. The van der Waals surface area contributed by atoms with E-state index < -0.39 is 17.0 Å². The maximum absolute atomic E-state index is 11.9. The van der Waals surface area contributed by atoms with Crippen molar-refractivity contribution in [3.8, 4) is 0 Å². The van der Waals surface area contributed by atoms with E-state index in [-0.39, 0.29) is 13.1 Å². The number of aldehydes is 1. The standard InChI is InChI=1S/C12H11N3O4/c13-10(17)7-15-9-4-2-1-3-8(9)14(5-6-16)11(18)12(15)19/h1-4,6H,5,7H2,(H2,13,17). The molecule has 2 aromatic rings. The first kappa shape index (κ1) is 12.7. The fraction of sp³-hybridized carbons (Fsp3) is 0.167. The van der Waals surface area contributed by atoms with Gasteiger partial charge in [0.2, 0.25) is 5.91 Å². The van der Waals surface area contributed by atoms with Crippen LogP contribution in [0.25, 0.3) is 11.0 Å². The molecular weight excluding hydrogens is 250 g/mol. The summed E-state index contributed by atoms with van der Waals surface area (Å²) < 4.78 is 2.09. The molecule has 1 amide bonds. The first-order valence-corrected chi connectivity index (χ1v) is 5.50. The molecule has 0 saturated heterocycles. The minimum absolute atomic E-state index is 0.216. The topological polar surface area (TPSA) is 104 Å². The summed E-state index contributed by atoms with van der Waals surface area (Å²) in [7, 11) is 0. The number of aromatic nitrogens is 2. The molecule has 19 heavy (non-hydrogen) atoms. The predicted octanol–water partition coefficient (Wildman–Crippen LogP) is -1.15. The van der Waals surface area contributed by atoms with Crippen molar-refractivity contribution in [1.29, 1.82) is 0 Å². The van der Waals surface area contributed by atoms with E-state index in [9.17, 15) is 19.2 Å². The molecule has 0 bridgehead atoms. The van der Waals surface area contributed by atoms with Crippen LogP contribution in [0.1, 0.15) is 0 Å². The SMILES string of the molecule is NC(=O)Cn1c(=O)c(=O)n(CC=O)c2ccccc21. The highest BCUT2D eigenvalue weighted by atomic mass is 16.2. The Morgan fingerprint density at radius 1 is 1.11 bits per heavy atom. The van der Waals surface area contributed by atoms with Crippen LogP contribution in [0.3, 0.4) is 0 Å². The molecule has 0 atom stereocenters. The number of primary amides is 1. The molecule has 0 aliphatic carbocycles. The van der Waals surface area contributed by atoms with Crippen LogP contribution in [0.5, 0.6) is 0 Å². The van der Waals surface area contributed by atoms with Gasteiger partial charge in [0.1, 0.15) is 12.8 Å². The fourth-order valence-electron chi connectivity index (χ4n) is 1.94. The molecule has 0 unspecified atom stereocenters. The maximum Gasteiger partial charge on any atom is 0.317 e. The lowest BCUT2D eigenvalue weighted by Crippen LogP contribution is -2.43. The zero-order chi connectivity index (χ0) is 14.0. The first-order chi connectivity index (χ1) is 9.06. The molecule has 0 spiro atoms. The lowest BCUT2D eigenvalue weighted by Gasteiger charge is -2.12. The molecule has 0 saturated carbocycles. The number of nitrogens with zero attached hydrogens (tertiary/aromatic N) is 2. The molecule has 2 N–H and O–H groups in total. The Morgan fingerprint density at radius 2 is 1.63 bits per heavy atom. The smallest absolute Gasteiger partial charge is 0.317 e. The minimum atomic E-state index is -0.876. The highest BCUT2D eigenvalue weighted by Gasteiger charge is 2.13. The van der Waals surface area contributed by atoms with Gasteiger partial charge in [0.15, 0.2) is 0 Å². The Balaban J connectivity index is 2.92. The Kier molecular flexibility index (Phi) is 3.28. The van der Waals surface area contributed by atoms with Crippen LogP contribution in [0.4, 0.5) is 0 Å². The lowest BCUT2D eigenvalue weighted by atomic mass is 10.2. The number of hydrogen-bond acceptors (Lipinski definition) is 4. The molecule has 1 heterocycles. The van der Waals surface area contributed by atoms with Crippen molar-refractivity contribution in [2.45, 2.75) is 13.1 Å². The highest BCUT2D eigenvalue weighted by molar-refractivity contribution is 5.79. The van der Waals surface area contributed by atoms with Gasteiger partial charge in [-0.25, -0.2) is 0 Å². The molecule has 98 valence electrons. The van der Waals surface area contributed by atoms with Crippen LogP contribution in [-0.4, -0.2) is 21.3 Å². The number of carbonyl (C=O) groups excluding carboxylic acids is 2. The summed E-state index contributed by atoms with van der Waals surface area (Å²) in [5.41, 5.74) is 4.12. The molecule has 0 aliphatic rings. The van der Waals surface area contributed by atoms with Crippen molar-refractivity contribution in [3.05, 3.63) is 45.0 Å². The molecule has 1 aromatic heterocycles. The summed E-state index contributed by atoms with van der Waals surface area (Å²) >= 11 is 0. The minimum Gasteiger partial charge on any atom is -0.368 e. The second kappa shape index (κ2) is 4.89. The van der Waals surface area contributed by atoms with E-state index in [1.54, 1.807) is 24.3 Å². The number of amides is 1. The van der Waals surface area contributed by atoms with Crippen molar-refractivity contribution < 1.29 is 9.59 Å². The van der Waals surface area contributed by atoms with Gasteiger partial charge in [-0.15, -0.1) is 0 Å². The fourth-order valence-corrected chi connectivity index (χ4v) is 1.94. The van der Waals surface area contributed by atoms with Crippen LogP contribution in [0, 0.1) is 0 Å². The van der Waals surface area contributed by atoms with E-state index >= 15 is 0 Å². The Bertz CT molecular complexity index is 773. The molecule has 2 rings (SSSR count). The highest BCUT2D eigenvalue weighted by Crippen LogP contribution is 2.09. The summed E-state index contributed by atoms with van der Waals surface area (Å²) in [5.74, 6) is -0.722. The van der Waals surface area contributed by atoms with E-state index in [1.807, 2.05) is 0 Å². The van der Waals surface area contributed by atoms with E-state index in [4.69, 9.17) is 5.73 Å². The third-order valence-electron chi connectivity index (χ3n) is 2.71. The van der Waals surface area contributed by atoms with Gasteiger partial charge in [-0.2, -0.15) is 0 Å². The van der Waals surface area contributed by atoms with Crippen LogP contribution >= 0.6 is 0 Å². The molecule has 7 heteroatoms. The van der Waals surface area contributed by atoms with Gasteiger partial charge >= 0.3 is 11.1 Å². The number of nitrogens with two attached hydrogens (primary N) is 1. The van der Waals surface area contributed by atoms with Crippen molar-refractivity contribution in [2.75, 3.05) is 0 Å². The molecule has 0 aliphatic heterocycles. The van der Waals surface area contributed by atoms with Crippen molar-refractivity contribution in [2.24, 2.45) is 5.73 Å². The quantitative estimate of drug-likeness (QED) is 0.554. The zero-order valence-corrected chi connectivity index (χ0v) is 9.91. The van der Waals surface area contributed by atoms with Gasteiger partial charge in [-0.1, -0.05) is 12.1 Å². The Hall–Kier alpha value is -2.70. The van der Waals surface area contributed by atoms with E-state index in [0.717, 1.165) is 9.13 Å². The largest absolute Gasteiger partial charge is 0.368 e. The van der Waals surface area contributed by atoms with Crippen molar-refractivity contribution in [1.82, 2.24) is 9.13 Å². The Morgan fingerprint density at radius 3 is 2.16 bits per heavy atom. The summed E-state index contributed by atoms with van der Waals surface area (Å²) in [6, 6.07) is 6.51. The predicted molar refractivity (Wildman–Crippen MR) is 67.7 cm³/mol. The zero-order valence-electron chi connectivity index (χ0n) is 9.91. The van der Waals surface area contributed by atoms with E-state index in [0.29, 0.717) is 17.3 Å². The van der Waals surface area contributed by atoms with Gasteiger partial charge in [-0.3, -0.25) is 23.5 Å². The number of benzene rings is 1. The molecular formula is C12H11N3O4. The number of rotatable bonds is 4. The van der Waals surface area contributed by atoms with Gasteiger partial charge in [-0.05, 0) is 12.1 Å². The normalized spacial score (nSPS) is 10.5. The van der Waals surface area contributed by atoms with Gasteiger partial charge < -0.3 is 10.5 Å². The molecule has 1 aromatic carbocycles. The summed E-state index contributed by atoms with van der Waals surface area (Å²) in [6.07, 6.45) is 0.533.